The minimum absolute atomic E-state index is 0.00640. The Morgan fingerprint density at radius 1 is 1.35 bits per heavy atom. The first-order valence-electron chi connectivity index (χ1n) is 8.36. The molecule has 0 spiro atoms. The first-order chi connectivity index (χ1) is 10.7. The molecular weight excluding hydrogens is 292 g/mol. The molecule has 128 valence electrons. The van der Waals surface area contributed by atoms with Gasteiger partial charge in [0.15, 0.2) is 11.6 Å². The number of nitrogens with one attached hydrogen (secondary N) is 1. The van der Waals surface area contributed by atoms with E-state index in [1.165, 1.54) is 6.92 Å². The van der Waals surface area contributed by atoms with Gasteiger partial charge in [-0.3, -0.25) is 14.5 Å². The fraction of sp³-hybridized carbons (Fsp3) is 0.667. The standard InChI is InChI=1S/C18H28N2O3/c1-10-16(13(4)21)11(2)19-17(10)18(23)12(3)20(5)9-14-7-6-8-15(14)22/h12,14-15,19,22H,6-9H2,1-5H3. The third-order valence-electron chi connectivity index (χ3n) is 5.22. The van der Waals surface area contributed by atoms with Gasteiger partial charge in [-0.05, 0) is 59.1 Å². The lowest BCUT2D eigenvalue weighted by atomic mass is 10.0. The molecule has 0 amide bonds. The molecule has 5 heteroatoms. The highest BCUT2D eigenvalue weighted by molar-refractivity contribution is 6.05. The van der Waals surface area contributed by atoms with Crippen LogP contribution in [0.25, 0.3) is 0 Å². The Kier molecular flexibility index (Phi) is 5.42. The van der Waals surface area contributed by atoms with Crippen LogP contribution >= 0.6 is 0 Å². The highest BCUT2D eigenvalue weighted by Crippen LogP contribution is 2.27. The van der Waals surface area contributed by atoms with E-state index in [9.17, 15) is 14.7 Å². The molecule has 23 heavy (non-hydrogen) atoms. The molecule has 1 aromatic rings. The number of aliphatic hydroxyl groups is 1. The van der Waals surface area contributed by atoms with Crippen LogP contribution in [0, 0.1) is 19.8 Å². The van der Waals surface area contributed by atoms with Crippen molar-refractivity contribution in [3.63, 3.8) is 0 Å². The number of aliphatic hydroxyl groups excluding tert-OH is 1. The van der Waals surface area contributed by atoms with Crippen molar-refractivity contribution in [3.8, 4) is 0 Å². The third kappa shape index (κ3) is 3.56. The molecule has 1 aliphatic rings. The van der Waals surface area contributed by atoms with E-state index >= 15 is 0 Å². The number of aromatic nitrogens is 1. The average Bonchev–Trinajstić information content (AvgIpc) is 3.00. The summed E-state index contributed by atoms with van der Waals surface area (Å²) >= 11 is 0. The Morgan fingerprint density at radius 3 is 2.48 bits per heavy atom. The molecule has 3 unspecified atom stereocenters. The Balaban J connectivity index is 2.13. The highest BCUT2D eigenvalue weighted by Gasteiger charge is 2.30. The molecule has 0 bridgehead atoms. The number of hydrogen-bond donors (Lipinski definition) is 2. The van der Waals surface area contributed by atoms with Gasteiger partial charge in [0, 0.05) is 17.8 Å². The number of carbonyl (C=O) groups excluding carboxylic acids is 2. The quantitative estimate of drug-likeness (QED) is 0.790. The monoisotopic (exact) mass is 320 g/mol. The van der Waals surface area contributed by atoms with Gasteiger partial charge < -0.3 is 10.1 Å². The Bertz CT molecular complexity index is 606. The largest absolute Gasteiger partial charge is 0.393 e. The van der Waals surface area contributed by atoms with Crippen molar-refractivity contribution in [2.45, 2.75) is 59.1 Å². The molecule has 1 aliphatic carbocycles. The molecule has 1 aromatic heterocycles. The Hall–Kier alpha value is -1.46. The summed E-state index contributed by atoms with van der Waals surface area (Å²) < 4.78 is 0. The lowest BCUT2D eigenvalue weighted by Gasteiger charge is -2.27. The maximum Gasteiger partial charge on any atom is 0.196 e. The summed E-state index contributed by atoms with van der Waals surface area (Å²) in [6.07, 6.45) is 2.68. The second kappa shape index (κ2) is 6.97. The van der Waals surface area contributed by atoms with Gasteiger partial charge in [0.25, 0.3) is 0 Å². The van der Waals surface area contributed by atoms with Gasteiger partial charge in [0.1, 0.15) is 0 Å². The fourth-order valence-corrected chi connectivity index (χ4v) is 3.69. The molecule has 5 nitrogen and oxygen atoms in total. The highest BCUT2D eigenvalue weighted by atomic mass is 16.3. The molecule has 1 heterocycles. The van der Waals surface area contributed by atoms with Gasteiger partial charge in [0.05, 0.1) is 17.8 Å². The summed E-state index contributed by atoms with van der Waals surface area (Å²) in [5.41, 5.74) is 2.63. The van der Waals surface area contributed by atoms with Crippen molar-refractivity contribution in [3.05, 3.63) is 22.5 Å². The van der Waals surface area contributed by atoms with Crippen molar-refractivity contribution in [2.24, 2.45) is 5.92 Å². The second-order valence-electron chi connectivity index (χ2n) is 6.92. The predicted molar refractivity (Wildman–Crippen MR) is 90.0 cm³/mol. The van der Waals surface area contributed by atoms with E-state index in [1.807, 2.05) is 32.7 Å². The average molecular weight is 320 g/mol. The van der Waals surface area contributed by atoms with Crippen molar-refractivity contribution < 1.29 is 14.7 Å². The molecule has 2 rings (SSSR count). The summed E-state index contributed by atoms with van der Waals surface area (Å²) in [6.45, 7) is 7.76. The van der Waals surface area contributed by atoms with Crippen LogP contribution < -0.4 is 0 Å². The van der Waals surface area contributed by atoms with Crippen LogP contribution in [0.4, 0.5) is 0 Å². The van der Waals surface area contributed by atoms with Crippen LogP contribution in [0.1, 0.15) is 65.2 Å². The zero-order chi connectivity index (χ0) is 17.3. The van der Waals surface area contributed by atoms with Crippen molar-refractivity contribution >= 4 is 11.6 Å². The first-order valence-corrected chi connectivity index (χ1v) is 8.36. The van der Waals surface area contributed by atoms with Crippen LogP contribution in [0.2, 0.25) is 0 Å². The SMILES string of the molecule is CC(=O)c1c(C)[nH]c(C(=O)C(C)N(C)CC2CCCC2O)c1C. The molecule has 1 fully saturated rings. The number of H-pyrrole nitrogens is 1. The molecule has 1 saturated carbocycles. The maximum atomic E-state index is 12.8. The topological polar surface area (TPSA) is 73.4 Å². The van der Waals surface area contributed by atoms with Gasteiger partial charge >= 0.3 is 0 Å². The number of aromatic amines is 1. The van der Waals surface area contributed by atoms with E-state index in [1.54, 1.807) is 0 Å². The van der Waals surface area contributed by atoms with E-state index < -0.39 is 0 Å². The van der Waals surface area contributed by atoms with Gasteiger partial charge in [0.2, 0.25) is 0 Å². The first kappa shape index (κ1) is 17.9. The van der Waals surface area contributed by atoms with E-state index in [0.29, 0.717) is 17.8 Å². The molecule has 3 atom stereocenters. The lowest BCUT2D eigenvalue weighted by Crippen LogP contribution is -2.40. The predicted octanol–water partition coefficient (Wildman–Crippen LogP) is 2.50. The number of ketones is 2. The van der Waals surface area contributed by atoms with Crippen LogP contribution in [0.15, 0.2) is 0 Å². The van der Waals surface area contributed by atoms with E-state index in [0.717, 1.165) is 30.5 Å². The van der Waals surface area contributed by atoms with Gasteiger partial charge in [-0.15, -0.1) is 0 Å². The molecule has 0 saturated heterocycles. The number of carbonyl (C=O) groups is 2. The third-order valence-corrected chi connectivity index (χ3v) is 5.22. The van der Waals surface area contributed by atoms with Crippen molar-refractivity contribution in [1.29, 1.82) is 0 Å². The summed E-state index contributed by atoms with van der Waals surface area (Å²) in [5.74, 6) is 0.216. The van der Waals surface area contributed by atoms with E-state index in [-0.39, 0.29) is 29.6 Å². The van der Waals surface area contributed by atoms with E-state index in [2.05, 4.69) is 4.98 Å². The molecule has 0 aliphatic heterocycles. The summed E-state index contributed by atoms with van der Waals surface area (Å²) in [7, 11) is 1.92. The lowest BCUT2D eigenvalue weighted by molar-refractivity contribution is 0.0753. The number of aryl methyl sites for hydroxylation is 1. The number of likely N-dealkylation sites (N-methyl/N-ethyl adjacent to an activating group) is 1. The molecular formula is C18H28N2O3. The van der Waals surface area contributed by atoms with Crippen LogP contribution in [0.3, 0.4) is 0 Å². The Morgan fingerprint density at radius 2 is 2.00 bits per heavy atom. The number of hydrogen-bond acceptors (Lipinski definition) is 4. The second-order valence-corrected chi connectivity index (χ2v) is 6.92. The van der Waals surface area contributed by atoms with Crippen LogP contribution in [-0.2, 0) is 0 Å². The zero-order valence-corrected chi connectivity index (χ0v) is 14.8. The Labute approximate surface area is 138 Å². The fourth-order valence-electron chi connectivity index (χ4n) is 3.69. The minimum atomic E-state index is -0.292. The number of nitrogens with zero attached hydrogens (tertiary/aromatic N) is 1. The summed E-state index contributed by atoms with van der Waals surface area (Å²) in [5, 5.41) is 9.96. The summed E-state index contributed by atoms with van der Waals surface area (Å²) in [6, 6.07) is -0.292. The van der Waals surface area contributed by atoms with Gasteiger partial charge in [-0.25, -0.2) is 0 Å². The van der Waals surface area contributed by atoms with E-state index in [4.69, 9.17) is 0 Å². The van der Waals surface area contributed by atoms with Crippen LogP contribution in [-0.4, -0.2) is 52.3 Å². The smallest absolute Gasteiger partial charge is 0.196 e. The van der Waals surface area contributed by atoms with Crippen LogP contribution in [0.5, 0.6) is 0 Å². The summed E-state index contributed by atoms with van der Waals surface area (Å²) in [4.78, 5) is 29.6. The van der Waals surface area contributed by atoms with Gasteiger partial charge in [-0.1, -0.05) is 6.42 Å². The minimum Gasteiger partial charge on any atom is -0.393 e. The zero-order valence-electron chi connectivity index (χ0n) is 14.8. The number of rotatable bonds is 6. The van der Waals surface area contributed by atoms with Crippen molar-refractivity contribution in [2.75, 3.05) is 13.6 Å². The van der Waals surface area contributed by atoms with Crippen molar-refractivity contribution in [1.82, 2.24) is 9.88 Å². The van der Waals surface area contributed by atoms with Gasteiger partial charge in [-0.2, -0.15) is 0 Å². The molecule has 2 N–H and O–H groups in total. The molecule has 0 aromatic carbocycles. The normalized spacial score (nSPS) is 22.6. The molecule has 0 radical (unpaired) electrons. The number of Topliss-reactive ketones (excluding diaryl/α,β-unsaturated/α-hetero) is 2. The maximum absolute atomic E-state index is 12.8.